The highest BCUT2D eigenvalue weighted by molar-refractivity contribution is 5.97. The van der Waals surface area contributed by atoms with Crippen molar-refractivity contribution in [3.05, 3.63) is 119 Å². The van der Waals surface area contributed by atoms with Gasteiger partial charge in [0.25, 0.3) is 5.91 Å². The summed E-state index contributed by atoms with van der Waals surface area (Å²) in [6, 6.07) is 25.2. The van der Waals surface area contributed by atoms with Gasteiger partial charge in [0.15, 0.2) is 0 Å². The normalized spacial score (nSPS) is 21.4. The third kappa shape index (κ3) is 3.76. The van der Waals surface area contributed by atoms with Crippen molar-refractivity contribution in [3.8, 4) is 0 Å². The highest BCUT2D eigenvalue weighted by atomic mass is 16.5. The van der Waals surface area contributed by atoms with E-state index in [4.69, 9.17) is 4.74 Å². The molecule has 1 amide bonds. The fraction of sp³-hybridized carbons (Fsp3) is 0.267. The van der Waals surface area contributed by atoms with E-state index in [1.165, 1.54) is 5.56 Å². The van der Waals surface area contributed by atoms with E-state index in [-0.39, 0.29) is 18.5 Å². The predicted octanol–water partition coefficient (Wildman–Crippen LogP) is 5.27. The van der Waals surface area contributed by atoms with Crippen LogP contribution in [0.4, 0.5) is 0 Å². The van der Waals surface area contributed by atoms with Crippen LogP contribution in [-0.2, 0) is 22.4 Å². The van der Waals surface area contributed by atoms with Crippen LogP contribution < -0.4 is 0 Å². The van der Waals surface area contributed by atoms with Crippen LogP contribution in [-0.4, -0.2) is 35.0 Å². The molecule has 35 heavy (non-hydrogen) atoms. The maximum Gasteiger partial charge on any atom is 0.320 e. The van der Waals surface area contributed by atoms with E-state index >= 15 is 0 Å². The maximum absolute atomic E-state index is 14.0. The average Bonchev–Trinajstić information content (AvgIpc) is 3.14. The topological polar surface area (TPSA) is 49.9 Å². The minimum Gasteiger partial charge on any atom is -0.465 e. The van der Waals surface area contributed by atoms with Gasteiger partial charge in [0.1, 0.15) is 5.41 Å². The first-order valence-electron chi connectivity index (χ1n) is 12.1. The van der Waals surface area contributed by atoms with Crippen molar-refractivity contribution < 1.29 is 14.3 Å². The van der Waals surface area contributed by atoms with Gasteiger partial charge in [-0.25, -0.2) is 10.0 Å². The molecule has 0 aliphatic carbocycles. The minimum absolute atomic E-state index is 0.185. The van der Waals surface area contributed by atoms with Gasteiger partial charge in [-0.3, -0.25) is 9.59 Å². The standard InChI is InChI=1S/C30H30N2O3/c1-4-35-29(34)30(20-23-16-14-21(2)15-17-23)22(3)32(28(33)25-11-6-5-7-12-25)31-19-18-24-10-8-9-13-26(24)27(30)31/h5-17,27H,3-4,18-20H2,1-2H3/t27-,30-/m1/s1. The van der Waals surface area contributed by atoms with Crippen LogP contribution in [0.25, 0.3) is 0 Å². The van der Waals surface area contributed by atoms with Gasteiger partial charge in [0.05, 0.1) is 18.3 Å². The van der Waals surface area contributed by atoms with Gasteiger partial charge < -0.3 is 4.74 Å². The van der Waals surface area contributed by atoms with Crippen molar-refractivity contribution in [2.75, 3.05) is 13.2 Å². The molecule has 2 aliphatic heterocycles. The van der Waals surface area contributed by atoms with Crippen molar-refractivity contribution in [1.29, 1.82) is 0 Å². The number of aryl methyl sites for hydroxylation is 1. The monoisotopic (exact) mass is 466 g/mol. The van der Waals surface area contributed by atoms with Crippen LogP contribution in [0.3, 0.4) is 0 Å². The summed E-state index contributed by atoms with van der Waals surface area (Å²) >= 11 is 0. The molecule has 0 radical (unpaired) electrons. The Bertz CT molecular complexity index is 1270. The highest BCUT2D eigenvalue weighted by Crippen LogP contribution is 2.57. The number of nitrogens with zero attached hydrogens (tertiary/aromatic N) is 2. The lowest BCUT2D eigenvalue weighted by Gasteiger charge is -2.39. The smallest absolute Gasteiger partial charge is 0.320 e. The van der Waals surface area contributed by atoms with E-state index in [9.17, 15) is 9.59 Å². The molecule has 2 atom stereocenters. The van der Waals surface area contributed by atoms with E-state index in [2.05, 4.69) is 18.7 Å². The second-order valence-electron chi connectivity index (χ2n) is 9.30. The molecule has 3 aromatic carbocycles. The molecular formula is C30H30N2O3. The summed E-state index contributed by atoms with van der Waals surface area (Å²) in [5.41, 5.74) is 4.26. The second kappa shape index (κ2) is 9.16. The molecule has 0 spiro atoms. The zero-order valence-corrected chi connectivity index (χ0v) is 20.2. The van der Waals surface area contributed by atoms with Gasteiger partial charge in [-0.05, 0) is 55.5 Å². The minimum atomic E-state index is -1.15. The quantitative estimate of drug-likeness (QED) is 0.481. The number of esters is 1. The van der Waals surface area contributed by atoms with Crippen molar-refractivity contribution in [3.63, 3.8) is 0 Å². The number of fused-ring (bicyclic) bond motifs is 3. The van der Waals surface area contributed by atoms with Gasteiger partial charge in [-0.1, -0.05) is 78.9 Å². The van der Waals surface area contributed by atoms with E-state index in [1.54, 1.807) is 17.1 Å². The van der Waals surface area contributed by atoms with Gasteiger partial charge in [-0.2, -0.15) is 0 Å². The largest absolute Gasteiger partial charge is 0.465 e. The molecule has 1 fully saturated rings. The summed E-state index contributed by atoms with van der Waals surface area (Å²) in [5, 5.41) is 3.67. The fourth-order valence-electron chi connectivity index (χ4n) is 5.52. The highest BCUT2D eigenvalue weighted by Gasteiger charge is 2.63. The molecule has 178 valence electrons. The van der Waals surface area contributed by atoms with E-state index in [1.807, 2.05) is 73.5 Å². The maximum atomic E-state index is 14.0. The van der Waals surface area contributed by atoms with Crippen LogP contribution in [0.5, 0.6) is 0 Å². The summed E-state index contributed by atoms with van der Waals surface area (Å²) in [5.74, 6) is -0.532. The average molecular weight is 467 g/mol. The van der Waals surface area contributed by atoms with Crippen molar-refractivity contribution in [1.82, 2.24) is 10.0 Å². The number of carbonyl (C=O) groups excluding carboxylic acids is 2. The molecule has 0 N–H and O–H groups in total. The molecule has 2 heterocycles. The summed E-state index contributed by atoms with van der Waals surface area (Å²) < 4.78 is 5.73. The first kappa shape index (κ1) is 23.1. The van der Waals surface area contributed by atoms with Gasteiger partial charge in [-0.15, -0.1) is 0 Å². The Morgan fingerprint density at radius 3 is 2.40 bits per heavy atom. The Morgan fingerprint density at radius 2 is 1.69 bits per heavy atom. The molecule has 2 aliphatic rings. The number of hydrogen-bond acceptors (Lipinski definition) is 4. The van der Waals surface area contributed by atoms with Gasteiger partial charge in [0.2, 0.25) is 0 Å². The first-order chi connectivity index (χ1) is 17.0. The van der Waals surface area contributed by atoms with Crippen LogP contribution >= 0.6 is 0 Å². The molecule has 0 bridgehead atoms. The van der Waals surface area contributed by atoms with Crippen molar-refractivity contribution in [2.45, 2.75) is 32.7 Å². The van der Waals surface area contributed by atoms with E-state index in [0.717, 1.165) is 23.1 Å². The molecule has 5 rings (SSSR count). The lowest BCUT2D eigenvalue weighted by atomic mass is 9.69. The zero-order chi connectivity index (χ0) is 24.6. The van der Waals surface area contributed by atoms with Crippen LogP contribution in [0, 0.1) is 12.3 Å². The molecule has 0 aromatic heterocycles. The number of rotatable bonds is 5. The Morgan fingerprint density at radius 1 is 1.00 bits per heavy atom. The number of hydrogen-bond donors (Lipinski definition) is 0. The lowest BCUT2D eigenvalue weighted by molar-refractivity contribution is -0.155. The molecule has 1 saturated heterocycles. The Kier molecular flexibility index (Phi) is 6.03. The van der Waals surface area contributed by atoms with Gasteiger partial charge in [0, 0.05) is 12.1 Å². The molecular weight excluding hydrogens is 436 g/mol. The molecule has 3 aromatic rings. The summed E-state index contributed by atoms with van der Waals surface area (Å²) in [6.45, 7) is 9.13. The Hall–Kier alpha value is -3.70. The molecule has 0 unspecified atom stereocenters. The second-order valence-corrected chi connectivity index (χ2v) is 9.30. The lowest BCUT2D eigenvalue weighted by Crippen LogP contribution is -2.46. The SMILES string of the molecule is C=C1N(C(=O)c2ccccc2)N2CCc3ccccc3[C@@H]2[C@]1(Cc1ccc(C)cc1)C(=O)OCC. The number of amides is 1. The van der Waals surface area contributed by atoms with Crippen molar-refractivity contribution in [2.24, 2.45) is 5.41 Å². The third-order valence-corrected chi connectivity index (χ3v) is 7.21. The summed E-state index contributed by atoms with van der Waals surface area (Å²) in [7, 11) is 0. The fourth-order valence-corrected chi connectivity index (χ4v) is 5.52. The third-order valence-electron chi connectivity index (χ3n) is 7.21. The van der Waals surface area contributed by atoms with E-state index < -0.39 is 11.5 Å². The van der Waals surface area contributed by atoms with Crippen molar-refractivity contribution >= 4 is 11.9 Å². The molecule has 0 saturated carbocycles. The predicted molar refractivity (Wildman–Crippen MR) is 135 cm³/mol. The van der Waals surface area contributed by atoms with E-state index in [0.29, 0.717) is 24.2 Å². The number of benzene rings is 3. The first-order valence-corrected chi connectivity index (χ1v) is 12.1. The van der Waals surface area contributed by atoms with Crippen LogP contribution in [0.2, 0.25) is 0 Å². The zero-order valence-electron chi connectivity index (χ0n) is 20.2. The Balaban J connectivity index is 1.71. The number of carbonyl (C=O) groups is 2. The molecule has 5 nitrogen and oxygen atoms in total. The number of ether oxygens (including phenoxy) is 1. The molecule has 5 heteroatoms. The van der Waals surface area contributed by atoms with Crippen LogP contribution in [0.1, 0.15) is 45.6 Å². The van der Waals surface area contributed by atoms with Crippen LogP contribution in [0.15, 0.2) is 91.1 Å². The van der Waals surface area contributed by atoms with Gasteiger partial charge >= 0.3 is 5.97 Å². The number of hydrazine groups is 1. The summed E-state index contributed by atoms with van der Waals surface area (Å²) in [6.07, 6.45) is 1.17. The Labute approximate surface area is 206 Å². The summed E-state index contributed by atoms with van der Waals surface area (Å²) in [4.78, 5) is 27.8.